The van der Waals surface area contributed by atoms with Gasteiger partial charge in [-0.3, -0.25) is 4.79 Å². The predicted molar refractivity (Wildman–Crippen MR) is 69.1 cm³/mol. The number of nitrogens with one attached hydrogen (secondary N) is 2. The molecule has 1 atom stereocenters. The SMILES string of the molecule is CCC(C)NC(=O)c1cccc2c1CNCC2. The second-order valence-corrected chi connectivity index (χ2v) is 4.65. The van der Waals surface area contributed by atoms with Gasteiger partial charge in [-0.05, 0) is 43.5 Å². The molecule has 3 heteroatoms. The standard InChI is InChI=1S/C14H20N2O/c1-3-10(2)16-14(17)12-6-4-5-11-7-8-15-9-13(11)12/h4-6,10,15H,3,7-9H2,1-2H3,(H,16,17). The fourth-order valence-electron chi connectivity index (χ4n) is 2.13. The molecule has 1 unspecified atom stereocenters. The molecule has 0 saturated carbocycles. The minimum Gasteiger partial charge on any atom is -0.350 e. The number of carbonyl (C=O) groups is 1. The van der Waals surface area contributed by atoms with Gasteiger partial charge in [0.15, 0.2) is 0 Å². The van der Waals surface area contributed by atoms with Crippen LogP contribution < -0.4 is 10.6 Å². The van der Waals surface area contributed by atoms with Crippen molar-refractivity contribution in [1.82, 2.24) is 10.6 Å². The molecular formula is C14H20N2O. The Morgan fingerprint density at radius 3 is 3.12 bits per heavy atom. The Morgan fingerprint density at radius 2 is 2.35 bits per heavy atom. The first kappa shape index (κ1) is 12.1. The van der Waals surface area contributed by atoms with Gasteiger partial charge in [-0.25, -0.2) is 0 Å². The van der Waals surface area contributed by atoms with Crippen molar-refractivity contribution in [3.63, 3.8) is 0 Å². The van der Waals surface area contributed by atoms with Gasteiger partial charge in [0.1, 0.15) is 0 Å². The van der Waals surface area contributed by atoms with Gasteiger partial charge in [0.2, 0.25) is 0 Å². The average Bonchev–Trinajstić information content (AvgIpc) is 2.37. The van der Waals surface area contributed by atoms with Crippen molar-refractivity contribution in [2.75, 3.05) is 6.54 Å². The third-order valence-electron chi connectivity index (χ3n) is 3.38. The smallest absolute Gasteiger partial charge is 0.251 e. The number of amides is 1. The first-order valence-electron chi connectivity index (χ1n) is 6.34. The molecule has 0 radical (unpaired) electrons. The molecule has 1 amide bonds. The van der Waals surface area contributed by atoms with E-state index in [0.717, 1.165) is 31.5 Å². The zero-order valence-corrected chi connectivity index (χ0v) is 10.5. The van der Waals surface area contributed by atoms with Crippen LogP contribution in [0.3, 0.4) is 0 Å². The second kappa shape index (κ2) is 5.32. The molecule has 2 rings (SSSR count). The summed E-state index contributed by atoms with van der Waals surface area (Å²) in [7, 11) is 0. The van der Waals surface area contributed by atoms with Crippen LogP contribution >= 0.6 is 0 Å². The van der Waals surface area contributed by atoms with Crippen LogP contribution in [0.2, 0.25) is 0 Å². The van der Waals surface area contributed by atoms with Crippen LogP contribution in [-0.2, 0) is 13.0 Å². The van der Waals surface area contributed by atoms with Gasteiger partial charge in [0.25, 0.3) is 5.91 Å². The molecular weight excluding hydrogens is 212 g/mol. The summed E-state index contributed by atoms with van der Waals surface area (Å²) in [5.41, 5.74) is 3.30. The summed E-state index contributed by atoms with van der Waals surface area (Å²) in [6.07, 6.45) is 1.97. The number of carbonyl (C=O) groups excluding carboxylic acids is 1. The number of hydrogen-bond donors (Lipinski definition) is 2. The van der Waals surface area contributed by atoms with E-state index < -0.39 is 0 Å². The molecule has 17 heavy (non-hydrogen) atoms. The number of hydrogen-bond acceptors (Lipinski definition) is 2. The van der Waals surface area contributed by atoms with E-state index in [9.17, 15) is 4.79 Å². The largest absolute Gasteiger partial charge is 0.350 e. The van der Waals surface area contributed by atoms with Gasteiger partial charge < -0.3 is 10.6 Å². The van der Waals surface area contributed by atoms with Crippen molar-refractivity contribution in [2.24, 2.45) is 0 Å². The molecule has 0 bridgehead atoms. The monoisotopic (exact) mass is 232 g/mol. The van der Waals surface area contributed by atoms with E-state index in [4.69, 9.17) is 0 Å². The highest BCUT2D eigenvalue weighted by atomic mass is 16.1. The van der Waals surface area contributed by atoms with Crippen molar-refractivity contribution in [3.8, 4) is 0 Å². The Kier molecular flexibility index (Phi) is 3.79. The summed E-state index contributed by atoms with van der Waals surface area (Å²) in [6.45, 7) is 5.92. The first-order valence-corrected chi connectivity index (χ1v) is 6.34. The van der Waals surface area contributed by atoms with Crippen LogP contribution in [0.15, 0.2) is 18.2 Å². The first-order chi connectivity index (χ1) is 8.22. The Morgan fingerprint density at radius 1 is 1.53 bits per heavy atom. The minimum atomic E-state index is 0.0555. The predicted octanol–water partition coefficient (Wildman–Crippen LogP) is 1.86. The Hall–Kier alpha value is -1.35. The third kappa shape index (κ3) is 2.67. The molecule has 1 aromatic rings. The lowest BCUT2D eigenvalue weighted by atomic mass is 9.95. The molecule has 92 valence electrons. The Labute approximate surface area is 103 Å². The number of fused-ring (bicyclic) bond motifs is 1. The van der Waals surface area contributed by atoms with Crippen LogP contribution in [-0.4, -0.2) is 18.5 Å². The lowest BCUT2D eigenvalue weighted by molar-refractivity contribution is 0.0938. The quantitative estimate of drug-likeness (QED) is 0.835. The molecule has 0 fully saturated rings. The summed E-state index contributed by atoms with van der Waals surface area (Å²) < 4.78 is 0. The van der Waals surface area contributed by atoms with Gasteiger partial charge >= 0.3 is 0 Å². The van der Waals surface area contributed by atoms with E-state index in [2.05, 4.69) is 23.6 Å². The van der Waals surface area contributed by atoms with Gasteiger partial charge in [-0.1, -0.05) is 19.1 Å². The average molecular weight is 232 g/mol. The summed E-state index contributed by atoms with van der Waals surface area (Å²) in [4.78, 5) is 12.1. The van der Waals surface area contributed by atoms with Gasteiger partial charge in [-0.2, -0.15) is 0 Å². The maximum absolute atomic E-state index is 12.1. The topological polar surface area (TPSA) is 41.1 Å². The Balaban J connectivity index is 2.23. The summed E-state index contributed by atoms with van der Waals surface area (Å²) in [5, 5.41) is 6.35. The van der Waals surface area contributed by atoms with Crippen LogP contribution in [0.4, 0.5) is 0 Å². The highest BCUT2D eigenvalue weighted by molar-refractivity contribution is 5.96. The van der Waals surface area contributed by atoms with Crippen LogP contribution in [0, 0.1) is 0 Å². The molecule has 1 aromatic carbocycles. The maximum Gasteiger partial charge on any atom is 0.251 e. The Bertz CT molecular complexity index is 415. The van der Waals surface area contributed by atoms with Crippen molar-refractivity contribution >= 4 is 5.91 Å². The summed E-state index contributed by atoms with van der Waals surface area (Å²) in [6, 6.07) is 6.25. The van der Waals surface area contributed by atoms with Crippen LogP contribution in [0.1, 0.15) is 41.8 Å². The molecule has 1 heterocycles. The number of rotatable bonds is 3. The van der Waals surface area contributed by atoms with Gasteiger partial charge in [-0.15, -0.1) is 0 Å². The van der Waals surface area contributed by atoms with Crippen molar-refractivity contribution in [1.29, 1.82) is 0 Å². The molecule has 1 aliphatic heterocycles. The van der Waals surface area contributed by atoms with Gasteiger partial charge in [0, 0.05) is 18.2 Å². The van der Waals surface area contributed by atoms with Crippen molar-refractivity contribution in [2.45, 2.75) is 39.3 Å². The minimum absolute atomic E-state index is 0.0555. The molecule has 1 aliphatic rings. The maximum atomic E-state index is 12.1. The lowest BCUT2D eigenvalue weighted by Crippen LogP contribution is -2.34. The van der Waals surface area contributed by atoms with Crippen molar-refractivity contribution in [3.05, 3.63) is 34.9 Å². The van der Waals surface area contributed by atoms with Crippen molar-refractivity contribution < 1.29 is 4.79 Å². The lowest BCUT2D eigenvalue weighted by Gasteiger charge is -2.21. The van der Waals surface area contributed by atoms with E-state index >= 15 is 0 Å². The highest BCUT2D eigenvalue weighted by Gasteiger charge is 2.17. The molecule has 0 aliphatic carbocycles. The molecule has 2 N–H and O–H groups in total. The molecule has 0 spiro atoms. The molecule has 0 aromatic heterocycles. The van der Waals surface area contributed by atoms with E-state index in [1.165, 1.54) is 11.1 Å². The van der Waals surface area contributed by atoms with Crippen LogP contribution in [0.25, 0.3) is 0 Å². The summed E-state index contributed by atoms with van der Waals surface area (Å²) >= 11 is 0. The highest BCUT2D eigenvalue weighted by Crippen LogP contribution is 2.18. The van der Waals surface area contributed by atoms with E-state index in [-0.39, 0.29) is 11.9 Å². The fourth-order valence-corrected chi connectivity index (χ4v) is 2.13. The van der Waals surface area contributed by atoms with Gasteiger partial charge in [0.05, 0.1) is 0 Å². The van der Waals surface area contributed by atoms with E-state index in [1.54, 1.807) is 0 Å². The van der Waals surface area contributed by atoms with E-state index in [0.29, 0.717) is 0 Å². The zero-order valence-electron chi connectivity index (χ0n) is 10.5. The molecule has 0 saturated heterocycles. The summed E-state index contributed by atoms with van der Waals surface area (Å²) in [5.74, 6) is 0.0555. The zero-order chi connectivity index (χ0) is 12.3. The second-order valence-electron chi connectivity index (χ2n) is 4.65. The fraction of sp³-hybridized carbons (Fsp3) is 0.500. The molecule has 3 nitrogen and oxygen atoms in total. The normalized spacial score (nSPS) is 16.1. The number of benzene rings is 1. The van der Waals surface area contributed by atoms with Crippen LogP contribution in [0.5, 0.6) is 0 Å². The van der Waals surface area contributed by atoms with E-state index in [1.807, 2.05) is 19.1 Å². The third-order valence-corrected chi connectivity index (χ3v) is 3.38.